The summed E-state index contributed by atoms with van der Waals surface area (Å²) in [7, 11) is 3.84. The van der Waals surface area contributed by atoms with E-state index in [1.807, 2.05) is 21.0 Å². The maximum absolute atomic E-state index is 4.49. The van der Waals surface area contributed by atoms with Crippen LogP contribution in [-0.2, 0) is 13.1 Å². The van der Waals surface area contributed by atoms with E-state index in [1.54, 1.807) is 11.3 Å². The third-order valence-electron chi connectivity index (χ3n) is 3.34. The lowest BCUT2D eigenvalue weighted by molar-refractivity contribution is 0.470. The first kappa shape index (κ1) is 15.5. The molecule has 0 spiro atoms. The summed E-state index contributed by atoms with van der Waals surface area (Å²) >= 11 is 1.68. The Balaban J connectivity index is 1.95. The SMILES string of the molecule is CN=C(NCc1ccccc1C)N(C)Cc1csc(C)n1. The second-order valence-electron chi connectivity index (χ2n) is 5.04. The van der Waals surface area contributed by atoms with E-state index in [1.165, 1.54) is 11.1 Å². The van der Waals surface area contributed by atoms with E-state index in [-0.39, 0.29) is 0 Å². The van der Waals surface area contributed by atoms with Gasteiger partial charge in [-0.3, -0.25) is 4.99 Å². The number of aliphatic imine (C=N–C) groups is 1. The Hall–Kier alpha value is -1.88. The number of aryl methyl sites for hydroxylation is 2. The maximum Gasteiger partial charge on any atom is 0.194 e. The molecule has 1 aromatic heterocycles. The molecular weight excluding hydrogens is 280 g/mol. The highest BCUT2D eigenvalue weighted by molar-refractivity contribution is 7.09. The second-order valence-corrected chi connectivity index (χ2v) is 6.10. The number of hydrogen-bond donors (Lipinski definition) is 1. The second kappa shape index (κ2) is 7.22. The van der Waals surface area contributed by atoms with Gasteiger partial charge in [0.25, 0.3) is 0 Å². The molecule has 1 aromatic carbocycles. The number of guanidine groups is 1. The molecule has 0 bridgehead atoms. The summed E-state index contributed by atoms with van der Waals surface area (Å²) in [6.07, 6.45) is 0. The van der Waals surface area contributed by atoms with E-state index in [0.29, 0.717) is 0 Å². The van der Waals surface area contributed by atoms with E-state index in [9.17, 15) is 0 Å². The van der Waals surface area contributed by atoms with Crippen molar-refractivity contribution in [2.24, 2.45) is 4.99 Å². The van der Waals surface area contributed by atoms with Crippen molar-refractivity contribution < 1.29 is 0 Å². The molecule has 2 rings (SSSR count). The van der Waals surface area contributed by atoms with Gasteiger partial charge in [0, 0.05) is 26.0 Å². The van der Waals surface area contributed by atoms with Gasteiger partial charge in [0.1, 0.15) is 0 Å². The maximum atomic E-state index is 4.49. The smallest absolute Gasteiger partial charge is 0.194 e. The zero-order valence-electron chi connectivity index (χ0n) is 13.1. The van der Waals surface area contributed by atoms with E-state index < -0.39 is 0 Å². The van der Waals surface area contributed by atoms with Gasteiger partial charge >= 0.3 is 0 Å². The Morgan fingerprint density at radius 2 is 2.10 bits per heavy atom. The van der Waals surface area contributed by atoms with Crippen LogP contribution in [0, 0.1) is 13.8 Å². The highest BCUT2D eigenvalue weighted by Crippen LogP contribution is 2.10. The fourth-order valence-electron chi connectivity index (χ4n) is 2.17. The summed E-state index contributed by atoms with van der Waals surface area (Å²) in [6.45, 7) is 5.69. The number of rotatable bonds is 4. The topological polar surface area (TPSA) is 40.5 Å². The van der Waals surface area contributed by atoms with E-state index in [4.69, 9.17) is 0 Å². The average molecular weight is 302 g/mol. The van der Waals surface area contributed by atoms with Crippen LogP contribution in [0.4, 0.5) is 0 Å². The van der Waals surface area contributed by atoms with Crippen molar-refractivity contribution >= 4 is 17.3 Å². The first-order valence-electron chi connectivity index (χ1n) is 6.97. The van der Waals surface area contributed by atoms with Crippen molar-refractivity contribution in [3.05, 3.63) is 51.5 Å². The number of hydrogen-bond acceptors (Lipinski definition) is 3. The van der Waals surface area contributed by atoms with Crippen molar-refractivity contribution in [1.82, 2.24) is 15.2 Å². The molecule has 0 atom stereocenters. The zero-order valence-corrected chi connectivity index (χ0v) is 13.9. The fourth-order valence-corrected chi connectivity index (χ4v) is 2.77. The van der Waals surface area contributed by atoms with Gasteiger partial charge in [0.15, 0.2) is 5.96 Å². The first-order chi connectivity index (χ1) is 10.1. The molecule has 1 N–H and O–H groups in total. The molecule has 0 saturated carbocycles. The largest absolute Gasteiger partial charge is 0.352 e. The van der Waals surface area contributed by atoms with Gasteiger partial charge in [-0.05, 0) is 25.0 Å². The van der Waals surface area contributed by atoms with Gasteiger partial charge in [-0.2, -0.15) is 0 Å². The predicted octanol–water partition coefficient (Wildman–Crippen LogP) is 2.97. The summed E-state index contributed by atoms with van der Waals surface area (Å²) in [6, 6.07) is 8.39. The van der Waals surface area contributed by atoms with Gasteiger partial charge in [0.05, 0.1) is 17.2 Å². The lowest BCUT2D eigenvalue weighted by Gasteiger charge is -2.21. The average Bonchev–Trinajstić information content (AvgIpc) is 2.86. The molecule has 21 heavy (non-hydrogen) atoms. The van der Waals surface area contributed by atoms with Crippen LogP contribution in [0.1, 0.15) is 21.8 Å². The molecule has 4 nitrogen and oxygen atoms in total. The molecule has 0 saturated heterocycles. The normalized spacial score (nSPS) is 11.5. The molecule has 0 radical (unpaired) electrons. The minimum Gasteiger partial charge on any atom is -0.352 e. The molecule has 0 unspecified atom stereocenters. The monoisotopic (exact) mass is 302 g/mol. The molecule has 0 aliphatic heterocycles. The third kappa shape index (κ3) is 4.29. The standard InChI is InChI=1S/C16H22N4S/c1-12-7-5-6-8-14(12)9-18-16(17-3)20(4)10-15-11-21-13(2)19-15/h5-8,11H,9-10H2,1-4H3,(H,17,18). The summed E-state index contributed by atoms with van der Waals surface area (Å²) in [5, 5.41) is 6.60. The van der Waals surface area contributed by atoms with Crippen LogP contribution in [0.5, 0.6) is 0 Å². The molecule has 1 heterocycles. The Bertz CT molecular complexity index is 618. The van der Waals surface area contributed by atoms with Gasteiger partial charge in [0.2, 0.25) is 0 Å². The molecule has 2 aromatic rings. The van der Waals surface area contributed by atoms with Crippen LogP contribution in [0.15, 0.2) is 34.6 Å². The van der Waals surface area contributed by atoms with Crippen molar-refractivity contribution in [3.63, 3.8) is 0 Å². The van der Waals surface area contributed by atoms with E-state index in [0.717, 1.165) is 29.8 Å². The quantitative estimate of drug-likeness (QED) is 0.697. The van der Waals surface area contributed by atoms with Crippen molar-refractivity contribution in [3.8, 4) is 0 Å². The predicted molar refractivity (Wildman–Crippen MR) is 89.7 cm³/mol. The summed E-state index contributed by atoms with van der Waals surface area (Å²) in [5.41, 5.74) is 3.66. The summed E-state index contributed by atoms with van der Waals surface area (Å²) < 4.78 is 0. The Kier molecular flexibility index (Phi) is 5.33. The van der Waals surface area contributed by atoms with Crippen molar-refractivity contribution in [2.75, 3.05) is 14.1 Å². The Morgan fingerprint density at radius 3 is 2.71 bits per heavy atom. The number of thiazole rings is 1. The van der Waals surface area contributed by atoms with E-state index in [2.05, 4.69) is 56.8 Å². The van der Waals surface area contributed by atoms with Crippen LogP contribution in [-0.4, -0.2) is 29.9 Å². The van der Waals surface area contributed by atoms with Gasteiger partial charge in [-0.25, -0.2) is 4.98 Å². The number of nitrogens with one attached hydrogen (secondary N) is 1. The van der Waals surface area contributed by atoms with Crippen molar-refractivity contribution in [2.45, 2.75) is 26.9 Å². The lowest BCUT2D eigenvalue weighted by atomic mass is 10.1. The van der Waals surface area contributed by atoms with Crippen LogP contribution in [0.3, 0.4) is 0 Å². The molecule has 112 valence electrons. The van der Waals surface area contributed by atoms with Gasteiger partial charge < -0.3 is 10.2 Å². The summed E-state index contributed by atoms with van der Waals surface area (Å²) in [5.74, 6) is 0.879. The molecule has 5 heteroatoms. The van der Waals surface area contributed by atoms with Crippen molar-refractivity contribution in [1.29, 1.82) is 0 Å². The first-order valence-corrected chi connectivity index (χ1v) is 7.85. The van der Waals surface area contributed by atoms with E-state index >= 15 is 0 Å². The summed E-state index contributed by atoms with van der Waals surface area (Å²) in [4.78, 5) is 10.9. The Labute approximate surface area is 130 Å². The lowest BCUT2D eigenvalue weighted by Crippen LogP contribution is -2.38. The van der Waals surface area contributed by atoms with Crippen LogP contribution >= 0.6 is 11.3 Å². The molecule has 0 aliphatic rings. The molecular formula is C16H22N4S. The number of benzene rings is 1. The highest BCUT2D eigenvalue weighted by Gasteiger charge is 2.08. The van der Waals surface area contributed by atoms with Gasteiger partial charge in [-0.1, -0.05) is 24.3 Å². The minimum absolute atomic E-state index is 0.762. The zero-order chi connectivity index (χ0) is 15.2. The molecule has 0 fully saturated rings. The number of nitrogens with zero attached hydrogens (tertiary/aromatic N) is 3. The fraction of sp³-hybridized carbons (Fsp3) is 0.375. The minimum atomic E-state index is 0.762. The molecule has 0 aliphatic carbocycles. The third-order valence-corrected chi connectivity index (χ3v) is 4.16. The van der Waals surface area contributed by atoms with Crippen LogP contribution < -0.4 is 5.32 Å². The highest BCUT2D eigenvalue weighted by atomic mass is 32.1. The molecule has 0 amide bonds. The Morgan fingerprint density at radius 1 is 1.33 bits per heavy atom. The van der Waals surface area contributed by atoms with Gasteiger partial charge in [-0.15, -0.1) is 11.3 Å². The van der Waals surface area contributed by atoms with Crippen LogP contribution in [0.2, 0.25) is 0 Å². The van der Waals surface area contributed by atoms with Crippen LogP contribution in [0.25, 0.3) is 0 Å². The number of aromatic nitrogens is 1.